The first kappa shape index (κ1) is 13.3. The standard InChI is InChI=1S/C12H20N4OS/c1-4-9-11(17)13-5-6-16(9)12-14-10(15-18-12)7-8(2)3/h8-9H,4-7H2,1-3H3,(H,13,17). The molecule has 2 heterocycles. The molecule has 1 aromatic heterocycles. The van der Waals surface area contributed by atoms with Crippen LogP contribution in [0.5, 0.6) is 0 Å². The van der Waals surface area contributed by atoms with Gasteiger partial charge >= 0.3 is 0 Å². The van der Waals surface area contributed by atoms with Gasteiger partial charge in [-0.05, 0) is 12.3 Å². The molecule has 0 radical (unpaired) electrons. The van der Waals surface area contributed by atoms with Gasteiger partial charge in [0, 0.05) is 31.0 Å². The van der Waals surface area contributed by atoms with E-state index >= 15 is 0 Å². The molecular formula is C12H20N4OS. The molecule has 0 aliphatic carbocycles. The number of hydrogen-bond acceptors (Lipinski definition) is 5. The minimum absolute atomic E-state index is 0.0985. The molecule has 0 saturated carbocycles. The maximum atomic E-state index is 11.8. The van der Waals surface area contributed by atoms with Crippen molar-refractivity contribution in [1.82, 2.24) is 14.7 Å². The average Bonchev–Trinajstić information content (AvgIpc) is 2.76. The third-order valence-electron chi connectivity index (χ3n) is 3.01. The zero-order chi connectivity index (χ0) is 13.1. The van der Waals surface area contributed by atoms with E-state index in [0.29, 0.717) is 12.5 Å². The highest BCUT2D eigenvalue weighted by atomic mass is 32.1. The Kier molecular flexibility index (Phi) is 4.16. The van der Waals surface area contributed by atoms with Crippen molar-refractivity contribution in [2.45, 2.75) is 39.7 Å². The molecule has 1 aromatic rings. The Morgan fingerprint density at radius 2 is 2.33 bits per heavy atom. The molecule has 0 spiro atoms. The monoisotopic (exact) mass is 268 g/mol. The number of carbonyl (C=O) groups is 1. The van der Waals surface area contributed by atoms with Crippen molar-refractivity contribution in [1.29, 1.82) is 0 Å². The largest absolute Gasteiger partial charge is 0.353 e. The molecule has 2 rings (SSSR count). The summed E-state index contributed by atoms with van der Waals surface area (Å²) in [6, 6.07) is -0.0985. The number of amides is 1. The predicted octanol–water partition coefficient (Wildman–Crippen LogP) is 1.45. The van der Waals surface area contributed by atoms with Crippen LogP contribution in [0.4, 0.5) is 5.13 Å². The summed E-state index contributed by atoms with van der Waals surface area (Å²) in [6.45, 7) is 7.85. The molecule has 6 heteroatoms. The second-order valence-electron chi connectivity index (χ2n) is 5.00. The fourth-order valence-corrected chi connectivity index (χ4v) is 2.93. The van der Waals surface area contributed by atoms with Crippen LogP contribution >= 0.6 is 11.5 Å². The first-order chi connectivity index (χ1) is 8.61. The minimum Gasteiger partial charge on any atom is -0.353 e. The van der Waals surface area contributed by atoms with Crippen LogP contribution in [0.25, 0.3) is 0 Å². The van der Waals surface area contributed by atoms with Gasteiger partial charge in [0.1, 0.15) is 11.9 Å². The number of rotatable bonds is 4. The second-order valence-corrected chi connectivity index (χ2v) is 5.73. The van der Waals surface area contributed by atoms with E-state index < -0.39 is 0 Å². The van der Waals surface area contributed by atoms with Gasteiger partial charge in [-0.25, -0.2) is 4.98 Å². The fourth-order valence-electron chi connectivity index (χ4n) is 2.16. The Morgan fingerprint density at radius 1 is 1.56 bits per heavy atom. The summed E-state index contributed by atoms with van der Waals surface area (Å²) in [7, 11) is 0. The first-order valence-electron chi connectivity index (χ1n) is 6.48. The highest BCUT2D eigenvalue weighted by molar-refractivity contribution is 7.09. The molecule has 1 aliphatic heterocycles. The van der Waals surface area contributed by atoms with Crippen LogP contribution in [0.2, 0.25) is 0 Å². The lowest BCUT2D eigenvalue weighted by Crippen LogP contribution is -2.55. The van der Waals surface area contributed by atoms with Gasteiger partial charge in [0.05, 0.1) is 0 Å². The predicted molar refractivity (Wildman–Crippen MR) is 72.9 cm³/mol. The van der Waals surface area contributed by atoms with Gasteiger partial charge in [0.2, 0.25) is 11.0 Å². The van der Waals surface area contributed by atoms with Gasteiger partial charge in [-0.2, -0.15) is 4.37 Å². The van der Waals surface area contributed by atoms with Gasteiger partial charge in [-0.1, -0.05) is 20.8 Å². The molecule has 0 aromatic carbocycles. The van der Waals surface area contributed by atoms with Crippen LogP contribution in [-0.2, 0) is 11.2 Å². The van der Waals surface area contributed by atoms with Crippen LogP contribution in [0.15, 0.2) is 0 Å². The molecule has 1 fully saturated rings. The topological polar surface area (TPSA) is 58.1 Å². The van der Waals surface area contributed by atoms with Crippen LogP contribution in [0, 0.1) is 5.92 Å². The van der Waals surface area contributed by atoms with Crippen LogP contribution in [0.1, 0.15) is 33.0 Å². The van der Waals surface area contributed by atoms with Crippen molar-refractivity contribution in [2.24, 2.45) is 5.92 Å². The van der Waals surface area contributed by atoms with Crippen molar-refractivity contribution in [3.8, 4) is 0 Å². The van der Waals surface area contributed by atoms with E-state index in [1.807, 2.05) is 6.92 Å². The number of hydrogen-bond donors (Lipinski definition) is 1. The van der Waals surface area contributed by atoms with Crippen molar-refractivity contribution in [3.63, 3.8) is 0 Å². The molecule has 1 atom stereocenters. The van der Waals surface area contributed by atoms with Crippen LogP contribution in [-0.4, -0.2) is 34.4 Å². The van der Waals surface area contributed by atoms with Crippen molar-refractivity contribution < 1.29 is 4.79 Å². The van der Waals surface area contributed by atoms with E-state index in [1.165, 1.54) is 11.5 Å². The number of piperazine rings is 1. The lowest BCUT2D eigenvalue weighted by molar-refractivity contribution is -0.123. The van der Waals surface area contributed by atoms with E-state index in [0.717, 1.165) is 30.3 Å². The van der Waals surface area contributed by atoms with E-state index in [-0.39, 0.29) is 11.9 Å². The average molecular weight is 268 g/mol. The van der Waals surface area contributed by atoms with Gasteiger partial charge in [-0.15, -0.1) is 0 Å². The van der Waals surface area contributed by atoms with Crippen molar-refractivity contribution >= 4 is 22.6 Å². The van der Waals surface area contributed by atoms with Gasteiger partial charge < -0.3 is 10.2 Å². The third-order valence-corrected chi connectivity index (χ3v) is 3.80. The third kappa shape index (κ3) is 2.80. The molecule has 1 unspecified atom stereocenters. The van der Waals surface area contributed by atoms with Crippen molar-refractivity contribution in [3.05, 3.63) is 5.82 Å². The van der Waals surface area contributed by atoms with Crippen molar-refractivity contribution in [2.75, 3.05) is 18.0 Å². The van der Waals surface area contributed by atoms with E-state index in [1.54, 1.807) is 0 Å². The normalized spacial score (nSPS) is 20.3. The summed E-state index contributed by atoms with van der Waals surface area (Å²) >= 11 is 1.40. The summed E-state index contributed by atoms with van der Waals surface area (Å²) in [5.41, 5.74) is 0. The summed E-state index contributed by atoms with van der Waals surface area (Å²) < 4.78 is 4.38. The summed E-state index contributed by atoms with van der Waals surface area (Å²) in [5.74, 6) is 1.55. The number of anilines is 1. The summed E-state index contributed by atoms with van der Waals surface area (Å²) in [4.78, 5) is 18.4. The number of nitrogens with one attached hydrogen (secondary N) is 1. The zero-order valence-corrected chi connectivity index (χ0v) is 12.0. The van der Waals surface area contributed by atoms with Crippen LogP contribution in [0.3, 0.4) is 0 Å². The number of aromatic nitrogens is 2. The number of nitrogens with zero attached hydrogens (tertiary/aromatic N) is 3. The molecule has 1 saturated heterocycles. The maximum Gasteiger partial charge on any atom is 0.242 e. The SMILES string of the molecule is CCC1C(=O)NCCN1c1nc(CC(C)C)ns1. The van der Waals surface area contributed by atoms with E-state index in [2.05, 4.69) is 33.4 Å². The first-order valence-corrected chi connectivity index (χ1v) is 7.26. The fraction of sp³-hybridized carbons (Fsp3) is 0.750. The second kappa shape index (κ2) is 5.65. The highest BCUT2D eigenvalue weighted by Crippen LogP contribution is 2.23. The van der Waals surface area contributed by atoms with E-state index in [9.17, 15) is 4.79 Å². The molecule has 5 nitrogen and oxygen atoms in total. The summed E-state index contributed by atoms with van der Waals surface area (Å²) in [6.07, 6.45) is 1.69. The number of carbonyl (C=O) groups excluding carboxylic acids is 1. The quantitative estimate of drug-likeness (QED) is 0.898. The Morgan fingerprint density at radius 3 is 3.00 bits per heavy atom. The Labute approximate surface area is 112 Å². The molecule has 1 N–H and O–H groups in total. The lowest BCUT2D eigenvalue weighted by atomic mass is 10.1. The van der Waals surface area contributed by atoms with Gasteiger partial charge in [0.15, 0.2) is 0 Å². The van der Waals surface area contributed by atoms with Crippen LogP contribution < -0.4 is 10.2 Å². The Bertz CT molecular complexity index is 418. The van der Waals surface area contributed by atoms with Gasteiger partial charge in [-0.3, -0.25) is 4.79 Å². The maximum absolute atomic E-state index is 11.8. The Hall–Kier alpha value is -1.17. The molecule has 18 heavy (non-hydrogen) atoms. The molecule has 100 valence electrons. The Balaban J connectivity index is 2.14. The van der Waals surface area contributed by atoms with Gasteiger partial charge in [0.25, 0.3) is 0 Å². The van der Waals surface area contributed by atoms with E-state index in [4.69, 9.17) is 0 Å². The molecule has 1 aliphatic rings. The highest BCUT2D eigenvalue weighted by Gasteiger charge is 2.30. The lowest BCUT2D eigenvalue weighted by Gasteiger charge is -2.33. The smallest absolute Gasteiger partial charge is 0.242 e. The molecule has 1 amide bonds. The minimum atomic E-state index is -0.0985. The zero-order valence-electron chi connectivity index (χ0n) is 11.1. The summed E-state index contributed by atoms with van der Waals surface area (Å²) in [5, 5.41) is 3.78. The molecule has 0 bridgehead atoms. The molecular weight excluding hydrogens is 248 g/mol.